The van der Waals surface area contributed by atoms with Crippen LogP contribution in [-0.4, -0.2) is 22.9 Å². The summed E-state index contributed by atoms with van der Waals surface area (Å²) in [5, 5.41) is 7.83. The molecule has 0 aliphatic carbocycles. The summed E-state index contributed by atoms with van der Waals surface area (Å²) in [6.45, 7) is 7.48. The van der Waals surface area contributed by atoms with Gasteiger partial charge in [0.1, 0.15) is 17.6 Å². The van der Waals surface area contributed by atoms with Crippen LogP contribution < -0.4 is 5.32 Å². The van der Waals surface area contributed by atoms with Gasteiger partial charge in [0.05, 0.1) is 12.2 Å². The molecule has 0 radical (unpaired) electrons. The van der Waals surface area contributed by atoms with Crippen molar-refractivity contribution in [2.24, 2.45) is 5.92 Å². The van der Waals surface area contributed by atoms with Crippen molar-refractivity contribution in [1.29, 1.82) is 0 Å². The van der Waals surface area contributed by atoms with E-state index in [4.69, 9.17) is 9.15 Å². The van der Waals surface area contributed by atoms with E-state index in [1.807, 2.05) is 29.9 Å². The number of nitrogens with zero attached hydrogens (tertiary/aromatic N) is 2. The molecule has 2 aromatic heterocycles. The number of nitrogens with one attached hydrogen (secondary N) is 1. The van der Waals surface area contributed by atoms with Crippen LogP contribution in [0.1, 0.15) is 36.7 Å². The van der Waals surface area contributed by atoms with E-state index < -0.39 is 0 Å². The van der Waals surface area contributed by atoms with Gasteiger partial charge in [0.25, 0.3) is 0 Å². The highest BCUT2D eigenvalue weighted by Crippen LogP contribution is 2.33. The Kier molecular flexibility index (Phi) is 4.41. The van der Waals surface area contributed by atoms with Crippen LogP contribution in [0.3, 0.4) is 0 Å². The highest BCUT2D eigenvalue weighted by molar-refractivity contribution is 5.09. The number of hydrogen-bond donors (Lipinski definition) is 1. The summed E-state index contributed by atoms with van der Waals surface area (Å²) in [6.07, 6.45) is 3.10. The molecule has 1 aliphatic heterocycles. The molecule has 0 saturated carbocycles. The van der Waals surface area contributed by atoms with Gasteiger partial charge in [0, 0.05) is 31.8 Å². The Hall–Kier alpha value is -1.59. The molecule has 1 N–H and O–H groups in total. The Morgan fingerprint density at radius 2 is 2.29 bits per heavy atom. The molecule has 114 valence electrons. The number of aryl methyl sites for hydroxylation is 2. The van der Waals surface area contributed by atoms with Crippen molar-refractivity contribution in [1.82, 2.24) is 15.1 Å². The van der Waals surface area contributed by atoms with Crippen LogP contribution in [0.2, 0.25) is 0 Å². The van der Waals surface area contributed by atoms with Crippen LogP contribution in [0.25, 0.3) is 0 Å². The fourth-order valence-corrected chi connectivity index (χ4v) is 2.98. The lowest BCUT2D eigenvalue weighted by atomic mass is 9.99. The quantitative estimate of drug-likeness (QED) is 0.888. The van der Waals surface area contributed by atoms with Gasteiger partial charge in [-0.1, -0.05) is 0 Å². The minimum atomic E-state index is 0.151. The van der Waals surface area contributed by atoms with Gasteiger partial charge >= 0.3 is 0 Å². The van der Waals surface area contributed by atoms with Gasteiger partial charge in [0.2, 0.25) is 0 Å². The molecule has 2 aromatic rings. The summed E-state index contributed by atoms with van der Waals surface area (Å²) >= 11 is 0. The molecule has 0 amide bonds. The number of ether oxygens (including phenoxy) is 1. The van der Waals surface area contributed by atoms with Gasteiger partial charge in [-0.05, 0) is 38.5 Å². The monoisotopic (exact) mass is 289 g/mol. The van der Waals surface area contributed by atoms with E-state index in [-0.39, 0.29) is 6.10 Å². The molecule has 5 nitrogen and oxygen atoms in total. The zero-order valence-corrected chi connectivity index (χ0v) is 12.7. The van der Waals surface area contributed by atoms with E-state index in [0.29, 0.717) is 5.92 Å². The Labute approximate surface area is 125 Å². The van der Waals surface area contributed by atoms with Gasteiger partial charge in [-0.3, -0.25) is 4.68 Å². The zero-order chi connectivity index (χ0) is 14.7. The van der Waals surface area contributed by atoms with E-state index in [1.54, 1.807) is 0 Å². The summed E-state index contributed by atoms with van der Waals surface area (Å²) in [5.41, 5.74) is 1.19. The van der Waals surface area contributed by atoms with E-state index in [1.165, 1.54) is 5.69 Å². The summed E-state index contributed by atoms with van der Waals surface area (Å²) in [6, 6.07) is 6.10. The second-order valence-electron chi connectivity index (χ2n) is 5.56. The molecule has 0 aromatic carbocycles. The molecule has 5 heteroatoms. The lowest BCUT2D eigenvalue weighted by molar-refractivity contribution is 0.0829. The standard InChI is InChI=1S/C16H23N3O2/c1-3-19-15(6-8-18-19)16-13(7-9-20-16)10-17-11-14-5-4-12(2)21-14/h4-6,8,13,16-17H,3,7,9-11H2,1-2H3/t13-,16+/m0/s1. The zero-order valence-electron chi connectivity index (χ0n) is 12.7. The fraction of sp³-hybridized carbons (Fsp3) is 0.562. The van der Waals surface area contributed by atoms with Crippen LogP contribution in [-0.2, 0) is 17.8 Å². The minimum Gasteiger partial charge on any atom is -0.465 e. The third kappa shape index (κ3) is 3.19. The van der Waals surface area contributed by atoms with Gasteiger partial charge in [-0.2, -0.15) is 5.10 Å². The third-order valence-corrected chi connectivity index (χ3v) is 4.06. The molecule has 3 rings (SSSR count). The topological polar surface area (TPSA) is 52.2 Å². The number of rotatable bonds is 6. The van der Waals surface area contributed by atoms with Crippen LogP contribution in [0.5, 0.6) is 0 Å². The van der Waals surface area contributed by atoms with Gasteiger partial charge < -0.3 is 14.5 Å². The maximum atomic E-state index is 5.94. The van der Waals surface area contributed by atoms with E-state index >= 15 is 0 Å². The Morgan fingerprint density at radius 3 is 3.05 bits per heavy atom. The fourth-order valence-electron chi connectivity index (χ4n) is 2.98. The summed E-state index contributed by atoms with van der Waals surface area (Å²) in [4.78, 5) is 0. The maximum absolute atomic E-state index is 5.94. The molecule has 2 atom stereocenters. The molecular formula is C16H23N3O2. The highest BCUT2D eigenvalue weighted by Gasteiger charge is 2.31. The SMILES string of the molecule is CCn1nccc1[C@@H]1OCC[C@H]1CNCc1ccc(C)o1. The summed E-state index contributed by atoms with van der Waals surface area (Å²) in [5.74, 6) is 2.44. The second kappa shape index (κ2) is 6.45. The van der Waals surface area contributed by atoms with Crippen LogP contribution >= 0.6 is 0 Å². The molecule has 1 saturated heterocycles. The van der Waals surface area contributed by atoms with Gasteiger partial charge in [0.15, 0.2) is 0 Å². The molecular weight excluding hydrogens is 266 g/mol. The largest absolute Gasteiger partial charge is 0.465 e. The first kappa shape index (κ1) is 14.4. The Bertz CT molecular complexity index is 576. The van der Waals surface area contributed by atoms with Crippen molar-refractivity contribution in [2.45, 2.75) is 39.5 Å². The van der Waals surface area contributed by atoms with Crippen molar-refractivity contribution in [2.75, 3.05) is 13.2 Å². The minimum absolute atomic E-state index is 0.151. The smallest absolute Gasteiger partial charge is 0.117 e. The summed E-state index contributed by atoms with van der Waals surface area (Å²) in [7, 11) is 0. The van der Waals surface area contributed by atoms with E-state index in [9.17, 15) is 0 Å². The van der Waals surface area contributed by atoms with E-state index in [0.717, 1.165) is 44.2 Å². The van der Waals surface area contributed by atoms with Crippen molar-refractivity contribution in [3.63, 3.8) is 0 Å². The molecule has 21 heavy (non-hydrogen) atoms. The summed E-state index contributed by atoms with van der Waals surface area (Å²) < 4.78 is 13.5. The first-order valence-corrected chi connectivity index (χ1v) is 7.67. The van der Waals surface area contributed by atoms with Crippen molar-refractivity contribution < 1.29 is 9.15 Å². The lowest BCUT2D eigenvalue weighted by Gasteiger charge is -2.19. The first-order valence-electron chi connectivity index (χ1n) is 7.67. The van der Waals surface area contributed by atoms with Crippen molar-refractivity contribution in [3.8, 4) is 0 Å². The van der Waals surface area contributed by atoms with Crippen molar-refractivity contribution in [3.05, 3.63) is 41.6 Å². The highest BCUT2D eigenvalue weighted by atomic mass is 16.5. The number of hydrogen-bond acceptors (Lipinski definition) is 4. The number of aromatic nitrogens is 2. The van der Waals surface area contributed by atoms with Gasteiger partial charge in [-0.25, -0.2) is 0 Å². The average molecular weight is 289 g/mol. The number of furan rings is 1. The average Bonchev–Trinajstić information content (AvgIpc) is 3.18. The molecule has 0 bridgehead atoms. The normalized spacial score (nSPS) is 22.0. The van der Waals surface area contributed by atoms with Crippen LogP contribution in [0.4, 0.5) is 0 Å². The second-order valence-corrected chi connectivity index (χ2v) is 5.56. The lowest BCUT2D eigenvalue weighted by Crippen LogP contribution is -2.25. The third-order valence-electron chi connectivity index (χ3n) is 4.06. The predicted octanol–water partition coefficient (Wildman–Crippen LogP) is 2.67. The predicted molar refractivity (Wildman–Crippen MR) is 79.9 cm³/mol. The molecule has 1 fully saturated rings. The molecule has 0 spiro atoms. The van der Waals surface area contributed by atoms with Crippen molar-refractivity contribution >= 4 is 0 Å². The first-order chi connectivity index (χ1) is 10.3. The Balaban J connectivity index is 1.57. The molecule has 3 heterocycles. The van der Waals surface area contributed by atoms with Crippen LogP contribution in [0, 0.1) is 12.8 Å². The molecule has 0 unspecified atom stereocenters. The van der Waals surface area contributed by atoms with Gasteiger partial charge in [-0.15, -0.1) is 0 Å². The Morgan fingerprint density at radius 1 is 1.38 bits per heavy atom. The molecule has 1 aliphatic rings. The van der Waals surface area contributed by atoms with E-state index in [2.05, 4.69) is 23.4 Å². The maximum Gasteiger partial charge on any atom is 0.117 e. The van der Waals surface area contributed by atoms with Crippen LogP contribution in [0.15, 0.2) is 28.8 Å².